The summed E-state index contributed by atoms with van der Waals surface area (Å²) in [5, 5.41) is 1.37. The van der Waals surface area contributed by atoms with Gasteiger partial charge in [0, 0.05) is 9.90 Å². The van der Waals surface area contributed by atoms with E-state index in [1.54, 1.807) is 15.9 Å². The Kier molecular flexibility index (Phi) is 4.88. The Morgan fingerprint density at radius 1 is 0.967 bits per heavy atom. The van der Waals surface area contributed by atoms with E-state index in [-0.39, 0.29) is 11.2 Å². The summed E-state index contributed by atoms with van der Waals surface area (Å²) in [5.74, 6) is 0. The molecule has 1 aliphatic carbocycles. The minimum Gasteiger partial charge on any atom is -0.280 e. The highest BCUT2D eigenvalue weighted by Crippen LogP contribution is 2.35. The zero-order chi connectivity index (χ0) is 20.8. The van der Waals surface area contributed by atoms with Gasteiger partial charge in [-0.05, 0) is 66.6 Å². The number of aromatic nitrogens is 2. The number of hydrogen-bond acceptors (Lipinski definition) is 3. The summed E-state index contributed by atoms with van der Waals surface area (Å²) in [7, 11) is 0. The van der Waals surface area contributed by atoms with Crippen molar-refractivity contribution in [1.82, 2.24) is 9.13 Å². The third kappa shape index (κ3) is 3.13. The minimum atomic E-state index is -0.299. The predicted molar refractivity (Wildman–Crippen MR) is 124 cm³/mol. The van der Waals surface area contributed by atoms with Crippen LogP contribution in [0, 0.1) is 0 Å². The molecule has 1 aliphatic rings. The highest BCUT2D eigenvalue weighted by Gasteiger charge is 2.25. The summed E-state index contributed by atoms with van der Waals surface area (Å²) in [6.45, 7) is 2.49. The first kappa shape index (κ1) is 19.3. The lowest BCUT2D eigenvalue weighted by molar-refractivity contribution is 0.718. The van der Waals surface area contributed by atoms with Crippen LogP contribution >= 0.6 is 22.9 Å². The SMILES string of the molecule is CCc1ccc(-n2c(=O)c3c4c(sc3n(Cc3ccc(Cl)cc3)c2=O)CCC4)cc1. The molecule has 5 rings (SSSR count). The number of halogens is 1. The van der Waals surface area contributed by atoms with E-state index >= 15 is 0 Å². The second kappa shape index (κ2) is 7.56. The van der Waals surface area contributed by atoms with Crippen LogP contribution in [0.1, 0.15) is 34.9 Å². The summed E-state index contributed by atoms with van der Waals surface area (Å²) in [6.07, 6.45) is 3.86. The first-order valence-electron chi connectivity index (χ1n) is 10.2. The molecular formula is C24H21ClN2O2S. The minimum absolute atomic E-state index is 0.203. The van der Waals surface area contributed by atoms with Crippen LogP contribution in [0.25, 0.3) is 15.9 Å². The Labute approximate surface area is 183 Å². The number of aryl methyl sites for hydroxylation is 3. The van der Waals surface area contributed by atoms with Crippen LogP contribution in [0.5, 0.6) is 0 Å². The average Bonchev–Trinajstić information content (AvgIpc) is 3.34. The molecule has 0 saturated heterocycles. The normalized spacial score (nSPS) is 13.1. The van der Waals surface area contributed by atoms with Crippen molar-refractivity contribution < 1.29 is 0 Å². The first-order chi connectivity index (χ1) is 14.6. The van der Waals surface area contributed by atoms with E-state index < -0.39 is 0 Å². The molecule has 30 heavy (non-hydrogen) atoms. The third-order valence-corrected chi connectivity index (χ3v) is 7.41. The molecule has 0 aliphatic heterocycles. The van der Waals surface area contributed by atoms with E-state index in [1.165, 1.54) is 15.0 Å². The quantitative estimate of drug-likeness (QED) is 0.453. The lowest BCUT2D eigenvalue weighted by Crippen LogP contribution is -2.39. The molecule has 2 aromatic heterocycles. The van der Waals surface area contributed by atoms with Crippen molar-refractivity contribution in [3.05, 3.63) is 96.0 Å². The molecule has 152 valence electrons. The van der Waals surface area contributed by atoms with Crippen molar-refractivity contribution in [2.24, 2.45) is 0 Å². The maximum atomic E-state index is 13.6. The molecule has 0 atom stereocenters. The fourth-order valence-electron chi connectivity index (χ4n) is 4.23. The molecular weight excluding hydrogens is 416 g/mol. The molecule has 0 bridgehead atoms. The van der Waals surface area contributed by atoms with E-state index in [0.29, 0.717) is 22.6 Å². The van der Waals surface area contributed by atoms with Gasteiger partial charge >= 0.3 is 5.69 Å². The highest BCUT2D eigenvalue weighted by atomic mass is 35.5. The fraction of sp³-hybridized carbons (Fsp3) is 0.250. The van der Waals surface area contributed by atoms with Gasteiger partial charge in [-0.15, -0.1) is 11.3 Å². The monoisotopic (exact) mass is 436 g/mol. The number of rotatable bonds is 4. The molecule has 0 N–H and O–H groups in total. The molecule has 0 fully saturated rings. The molecule has 4 nitrogen and oxygen atoms in total. The number of hydrogen-bond donors (Lipinski definition) is 0. The summed E-state index contributed by atoms with van der Waals surface area (Å²) in [4.78, 5) is 29.1. The van der Waals surface area contributed by atoms with Crippen molar-refractivity contribution >= 4 is 33.2 Å². The van der Waals surface area contributed by atoms with Gasteiger partial charge < -0.3 is 0 Å². The molecule has 2 aromatic carbocycles. The lowest BCUT2D eigenvalue weighted by Gasteiger charge is -2.13. The van der Waals surface area contributed by atoms with E-state index in [0.717, 1.165) is 41.6 Å². The van der Waals surface area contributed by atoms with Crippen molar-refractivity contribution in [2.45, 2.75) is 39.2 Å². The van der Waals surface area contributed by atoms with Crippen LogP contribution in [0.3, 0.4) is 0 Å². The van der Waals surface area contributed by atoms with Gasteiger partial charge in [0.05, 0.1) is 17.6 Å². The van der Waals surface area contributed by atoms with Crippen LogP contribution in [0.15, 0.2) is 58.1 Å². The van der Waals surface area contributed by atoms with Crippen LogP contribution in [0.4, 0.5) is 0 Å². The van der Waals surface area contributed by atoms with Crippen LogP contribution in [0.2, 0.25) is 5.02 Å². The summed E-state index contributed by atoms with van der Waals surface area (Å²) < 4.78 is 3.08. The van der Waals surface area contributed by atoms with Gasteiger partial charge in [0.1, 0.15) is 4.83 Å². The standard InChI is InChI=1S/C24H21ClN2O2S/c1-2-15-8-12-18(13-9-15)27-22(28)21-19-4-3-5-20(19)30-23(21)26(24(27)29)14-16-6-10-17(25)11-7-16/h6-13H,2-5,14H2,1H3. The Bertz CT molecular complexity index is 1360. The molecule has 4 aromatic rings. The molecule has 2 heterocycles. The maximum absolute atomic E-state index is 13.6. The number of benzene rings is 2. The smallest absolute Gasteiger partial charge is 0.280 e. The summed E-state index contributed by atoms with van der Waals surface area (Å²) >= 11 is 7.63. The van der Waals surface area contributed by atoms with E-state index in [2.05, 4.69) is 6.92 Å². The molecule has 0 spiro atoms. The van der Waals surface area contributed by atoms with Gasteiger partial charge in [0.2, 0.25) is 0 Å². The molecule has 6 heteroatoms. The van der Waals surface area contributed by atoms with Crippen molar-refractivity contribution in [3.8, 4) is 5.69 Å². The van der Waals surface area contributed by atoms with Gasteiger partial charge in [0.15, 0.2) is 0 Å². The Hall–Kier alpha value is -2.63. The second-order valence-electron chi connectivity index (χ2n) is 7.69. The largest absolute Gasteiger partial charge is 0.337 e. The van der Waals surface area contributed by atoms with Gasteiger partial charge in [-0.1, -0.05) is 42.8 Å². The zero-order valence-corrected chi connectivity index (χ0v) is 18.2. The Morgan fingerprint density at radius 3 is 2.37 bits per heavy atom. The topological polar surface area (TPSA) is 44.0 Å². The predicted octanol–water partition coefficient (Wildman–Crippen LogP) is 4.97. The average molecular weight is 437 g/mol. The first-order valence-corrected chi connectivity index (χ1v) is 11.4. The van der Waals surface area contributed by atoms with E-state index in [1.807, 2.05) is 48.5 Å². The highest BCUT2D eigenvalue weighted by molar-refractivity contribution is 7.18. The summed E-state index contributed by atoms with van der Waals surface area (Å²) in [6, 6.07) is 15.2. The number of nitrogens with zero attached hydrogens (tertiary/aromatic N) is 2. The van der Waals surface area contributed by atoms with Gasteiger partial charge in [-0.2, -0.15) is 0 Å². The van der Waals surface area contributed by atoms with Gasteiger partial charge in [0.25, 0.3) is 5.56 Å². The van der Waals surface area contributed by atoms with Crippen LogP contribution in [-0.2, 0) is 25.8 Å². The number of fused-ring (bicyclic) bond motifs is 3. The van der Waals surface area contributed by atoms with Gasteiger partial charge in [-0.3, -0.25) is 9.36 Å². The van der Waals surface area contributed by atoms with Crippen LogP contribution < -0.4 is 11.2 Å². The van der Waals surface area contributed by atoms with Gasteiger partial charge in [-0.25, -0.2) is 9.36 Å². The van der Waals surface area contributed by atoms with Crippen LogP contribution in [-0.4, -0.2) is 9.13 Å². The second-order valence-corrected chi connectivity index (χ2v) is 9.21. The molecule has 0 radical (unpaired) electrons. The molecule has 0 saturated carbocycles. The maximum Gasteiger partial charge on any atom is 0.337 e. The third-order valence-electron chi connectivity index (χ3n) is 5.84. The lowest BCUT2D eigenvalue weighted by atomic mass is 10.1. The Morgan fingerprint density at radius 2 is 1.67 bits per heavy atom. The Balaban J connectivity index is 1.78. The molecule has 0 amide bonds. The van der Waals surface area contributed by atoms with Crippen molar-refractivity contribution in [3.63, 3.8) is 0 Å². The van der Waals surface area contributed by atoms with Crippen molar-refractivity contribution in [1.29, 1.82) is 0 Å². The van der Waals surface area contributed by atoms with Crippen molar-refractivity contribution in [2.75, 3.05) is 0 Å². The van der Waals surface area contributed by atoms with E-state index in [9.17, 15) is 9.59 Å². The fourth-order valence-corrected chi connectivity index (χ4v) is 5.73. The zero-order valence-electron chi connectivity index (χ0n) is 16.7. The summed E-state index contributed by atoms with van der Waals surface area (Å²) in [5.41, 5.74) is 3.39. The molecule has 0 unspecified atom stereocenters. The number of thiophene rings is 1. The van der Waals surface area contributed by atoms with E-state index in [4.69, 9.17) is 11.6 Å².